The van der Waals surface area contributed by atoms with E-state index in [0.29, 0.717) is 25.3 Å². The quantitative estimate of drug-likeness (QED) is 0.554. The fourth-order valence-electron chi connectivity index (χ4n) is 2.56. The minimum Gasteiger partial charge on any atom is -0.493 e. The topological polar surface area (TPSA) is 42.5 Å². The summed E-state index contributed by atoms with van der Waals surface area (Å²) in [5.74, 6) is 1.75. The van der Waals surface area contributed by atoms with Crippen LogP contribution in [0.4, 0.5) is 11.4 Å². The van der Waals surface area contributed by atoms with Crippen LogP contribution >= 0.6 is 0 Å². The molecule has 0 spiro atoms. The number of anilines is 2. The number of benzene rings is 2. The van der Waals surface area contributed by atoms with Crippen molar-refractivity contribution in [3.63, 3.8) is 0 Å². The molecule has 0 aliphatic heterocycles. The van der Waals surface area contributed by atoms with Gasteiger partial charge in [0.25, 0.3) is 0 Å². The standard InChI is InChI=1S/C23H34N2O2/c1-17(2)24-19-7-11-21(12-8-19)26-15-23(5,6)16-27-22-13-9-20(10-14-22)25-18(3)4/h7-14,17-18,24-25H,15-16H2,1-6H3. The zero-order valence-corrected chi connectivity index (χ0v) is 17.5. The minimum atomic E-state index is -0.0935. The number of hydrogen-bond donors (Lipinski definition) is 2. The van der Waals surface area contributed by atoms with Crippen LogP contribution < -0.4 is 20.1 Å². The molecular formula is C23H34N2O2. The van der Waals surface area contributed by atoms with Crippen LogP contribution in [-0.2, 0) is 0 Å². The lowest BCUT2D eigenvalue weighted by Crippen LogP contribution is -2.28. The predicted octanol–water partition coefficient (Wildman–Crippen LogP) is 5.81. The van der Waals surface area contributed by atoms with Gasteiger partial charge in [-0.1, -0.05) is 13.8 Å². The van der Waals surface area contributed by atoms with Crippen molar-refractivity contribution in [2.45, 2.75) is 53.6 Å². The molecule has 2 aromatic carbocycles. The lowest BCUT2D eigenvalue weighted by Gasteiger charge is -2.25. The van der Waals surface area contributed by atoms with Gasteiger partial charge < -0.3 is 20.1 Å². The second-order valence-corrected chi connectivity index (χ2v) is 8.39. The number of rotatable bonds is 10. The third kappa shape index (κ3) is 7.81. The Morgan fingerprint density at radius 3 is 1.30 bits per heavy atom. The summed E-state index contributed by atoms with van der Waals surface area (Å²) in [6.07, 6.45) is 0. The summed E-state index contributed by atoms with van der Waals surface area (Å²) in [6, 6.07) is 17.0. The molecule has 0 bridgehead atoms. The number of nitrogens with one attached hydrogen (secondary N) is 2. The van der Waals surface area contributed by atoms with Gasteiger partial charge in [0, 0.05) is 28.9 Å². The Labute approximate surface area is 164 Å². The van der Waals surface area contributed by atoms with Crippen LogP contribution in [0, 0.1) is 5.41 Å². The van der Waals surface area contributed by atoms with Crippen LogP contribution in [0.1, 0.15) is 41.5 Å². The fourth-order valence-corrected chi connectivity index (χ4v) is 2.56. The van der Waals surface area contributed by atoms with E-state index < -0.39 is 0 Å². The van der Waals surface area contributed by atoms with E-state index in [2.05, 4.69) is 52.2 Å². The Hall–Kier alpha value is -2.36. The van der Waals surface area contributed by atoms with Gasteiger partial charge in [-0.05, 0) is 76.2 Å². The van der Waals surface area contributed by atoms with Crippen molar-refractivity contribution in [2.24, 2.45) is 5.41 Å². The van der Waals surface area contributed by atoms with Crippen molar-refractivity contribution in [3.05, 3.63) is 48.5 Å². The van der Waals surface area contributed by atoms with Crippen molar-refractivity contribution < 1.29 is 9.47 Å². The van der Waals surface area contributed by atoms with Crippen LogP contribution in [0.25, 0.3) is 0 Å². The number of hydrogen-bond acceptors (Lipinski definition) is 4. The summed E-state index contributed by atoms with van der Waals surface area (Å²) in [4.78, 5) is 0. The molecule has 27 heavy (non-hydrogen) atoms. The minimum absolute atomic E-state index is 0.0935. The molecule has 148 valence electrons. The van der Waals surface area contributed by atoms with Crippen LogP contribution in [0.3, 0.4) is 0 Å². The van der Waals surface area contributed by atoms with Gasteiger partial charge in [0.1, 0.15) is 11.5 Å². The van der Waals surface area contributed by atoms with E-state index in [1.165, 1.54) is 0 Å². The molecule has 0 heterocycles. The molecule has 2 N–H and O–H groups in total. The molecule has 0 saturated heterocycles. The van der Waals surface area contributed by atoms with Gasteiger partial charge >= 0.3 is 0 Å². The summed E-state index contributed by atoms with van der Waals surface area (Å²) in [5.41, 5.74) is 2.12. The summed E-state index contributed by atoms with van der Waals surface area (Å²) in [5, 5.41) is 6.75. The smallest absolute Gasteiger partial charge is 0.119 e. The lowest BCUT2D eigenvalue weighted by atomic mass is 9.96. The highest BCUT2D eigenvalue weighted by molar-refractivity contribution is 5.47. The maximum Gasteiger partial charge on any atom is 0.119 e. The first-order valence-corrected chi connectivity index (χ1v) is 9.72. The van der Waals surface area contributed by atoms with Crippen LogP contribution in [0.5, 0.6) is 11.5 Å². The molecule has 0 radical (unpaired) electrons. The Kier molecular flexibility index (Phi) is 7.40. The highest BCUT2D eigenvalue weighted by Crippen LogP contribution is 2.23. The highest BCUT2D eigenvalue weighted by atomic mass is 16.5. The van der Waals surface area contributed by atoms with Gasteiger partial charge in [-0.25, -0.2) is 0 Å². The van der Waals surface area contributed by atoms with Crippen molar-refractivity contribution in [1.82, 2.24) is 0 Å². The summed E-state index contributed by atoms with van der Waals surface area (Å²) in [6.45, 7) is 14.0. The monoisotopic (exact) mass is 370 g/mol. The maximum absolute atomic E-state index is 5.96. The summed E-state index contributed by atoms with van der Waals surface area (Å²) in [7, 11) is 0. The van der Waals surface area contributed by atoms with E-state index in [0.717, 1.165) is 22.9 Å². The van der Waals surface area contributed by atoms with Crippen molar-refractivity contribution in [3.8, 4) is 11.5 Å². The normalized spacial score (nSPS) is 11.6. The Bertz CT molecular complexity index is 617. The van der Waals surface area contributed by atoms with Crippen molar-refractivity contribution >= 4 is 11.4 Å². The zero-order valence-electron chi connectivity index (χ0n) is 17.5. The molecule has 4 heteroatoms. The summed E-state index contributed by atoms with van der Waals surface area (Å²) < 4.78 is 11.9. The second kappa shape index (κ2) is 9.54. The van der Waals surface area contributed by atoms with Gasteiger partial charge in [0.15, 0.2) is 0 Å². The van der Waals surface area contributed by atoms with Crippen molar-refractivity contribution in [1.29, 1.82) is 0 Å². The predicted molar refractivity (Wildman–Crippen MR) is 115 cm³/mol. The maximum atomic E-state index is 5.96. The zero-order chi connectivity index (χ0) is 19.9. The first-order valence-electron chi connectivity index (χ1n) is 9.72. The van der Waals surface area contributed by atoms with E-state index in [1.54, 1.807) is 0 Å². The van der Waals surface area contributed by atoms with Gasteiger partial charge in [0.2, 0.25) is 0 Å². The molecule has 0 aliphatic rings. The SMILES string of the molecule is CC(C)Nc1ccc(OCC(C)(C)COc2ccc(NC(C)C)cc2)cc1. The molecule has 0 unspecified atom stereocenters. The fraction of sp³-hybridized carbons (Fsp3) is 0.478. The Morgan fingerprint density at radius 1 is 0.667 bits per heavy atom. The molecule has 0 atom stereocenters. The average Bonchev–Trinajstić information content (AvgIpc) is 2.60. The van der Waals surface area contributed by atoms with E-state index >= 15 is 0 Å². The van der Waals surface area contributed by atoms with Gasteiger partial charge in [-0.3, -0.25) is 0 Å². The molecule has 2 aromatic rings. The van der Waals surface area contributed by atoms with E-state index in [1.807, 2.05) is 48.5 Å². The lowest BCUT2D eigenvalue weighted by molar-refractivity contribution is 0.110. The largest absolute Gasteiger partial charge is 0.493 e. The van der Waals surface area contributed by atoms with Crippen LogP contribution in [-0.4, -0.2) is 25.3 Å². The molecular weight excluding hydrogens is 336 g/mol. The first kappa shape index (κ1) is 20.9. The Morgan fingerprint density at radius 2 is 1.00 bits per heavy atom. The molecule has 4 nitrogen and oxygen atoms in total. The Balaban J connectivity index is 1.80. The molecule has 0 aromatic heterocycles. The van der Waals surface area contributed by atoms with Crippen molar-refractivity contribution in [2.75, 3.05) is 23.8 Å². The third-order valence-corrected chi connectivity index (χ3v) is 3.88. The molecule has 0 saturated carbocycles. The van der Waals surface area contributed by atoms with Crippen LogP contribution in [0.15, 0.2) is 48.5 Å². The summed E-state index contributed by atoms with van der Waals surface area (Å²) >= 11 is 0. The second-order valence-electron chi connectivity index (χ2n) is 8.39. The molecule has 0 aliphatic carbocycles. The molecule has 0 amide bonds. The van der Waals surface area contributed by atoms with Gasteiger partial charge in [-0.2, -0.15) is 0 Å². The van der Waals surface area contributed by atoms with E-state index in [-0.39, 0.29) is 5.41 Å². The molecule has 0 fully saturated rings. The van der Waals surface area contributed by atoms with Gasteiger partial charge in [0.05, 0.1) is 13.2 Å². The van der Waals surface area contributed by atoms with E-state index in [9.17, 15) is 0 Å². The molecule has 2 rings (SSSR count). The van der Waals surface area contributed by atoms with Gasteiger partial charge in [-0.15, -0.1) is 0 Å². The van der Waals surface area contributed by atoms with Crippen LogP contribution in [0.2, 0.25) is 0 Å². The first-order chi connectivity index (χ1) is 12.7. The highest BCUT2D eigenvalue weighted by Gasteiger charge is 2.20. The average molecular weight is 371 g/mol. The number of ether oxygens (including phenoxy) is 2. The third-order valence-electron chi connectivity index (χ3n) is 3.88. The van der Waals surface area contributed by atoms with E-state index in [4.69, 9.17) is 9.47 Å².